The van der Waals surface area contributed by atoms with Crippen molar-refractivity contribution in [1.29, 1.82) is 0 Å². The molecule has 1 spiro atoms. The van der Waals surface area contributed by atoms with Crippen molar-refractivity contribution in [2.24, 2.45) is 5.92 Å². The predicted molar refractivity (Wildman–Crippen MR) is 115 cm³/mol. The fourth-order valence-electron chi connectivity index (χ4n) is 4.99. The molecule has 0 radical (unpaired) electrons. The molecule has 6 atom stereocenters. The summed E-state index contributed by atoms with van der Waals surface area (Å²) in [5.74, 6) is 0.0512. The first-order valence-corrected chi connectivity index (χ1v) is 11.2. The first kappa shape index (κ1) is 23.5. The van der Waals surface area contributed by atoms with Gasteiger partial charge in [0.25, 0.3) is 0 Å². The molecule has 0 aromatic rings. The number of methoxy groups -OCH3 is 1. The van der Waals surface area contributed by atoms with Crippen LogP contribution in [0.4, 0.5) is 4.79 Å². The highest BCUT2D eigenvalue weighted by Gasteiger charge is 2.72. The molecular formula is C23H41N2O5+. The summed E-state index contributed by atoms with van der Waals surface area (Å²) in [5, 5.41) is 2.90. The van der Waals surface area contributed by atoms with Gasteiger partial charge in [0.05, 0.1) is 46.3 Å². The Bertz CT molecular complexity index is 650. The highest BCUT2D eigenvalue weighted by Crippen LogP contribution is 2.59. The molecule has 1 amide bonds. The van der Waals surface area contributed by atoms with Crippen LogP contribution in [0.15, 0.2) is 11.6 Å². The highest BCUT2D eigenvalue weighted by atomic mass is 16.6. The van der Waals surface area contributed by atoms with Crippen LogP contribution in [0.25, 0.3) is 0 Å². The number of nitrogens with zero attached hydrogens (tertiary/aromatic N) is 1. The van der Waals surface area contributed by atoms with Crippen molar-refractivity contribution in [3.8, 4) is 0 Å². The van der Waals surface area contributed by atoms with Gasteiger partial charge in [0, 0.05) is 20.1 Å². The second-order valence-electron chi connectivity index (χ2n) is 10.6. The summed E-state index contributed by atoms with van der Waals surface area (Å²) in [4.78, 5) is 12.4. The number of quaternary nitrogens is 1. The molecule has 3 aliphatic rings. The van der Waals surface area contributed by atoms with E-state index in [0.29, 0.717) is 6.54 Å². The highest BCUT2D eigenvalue weighted by molar-refractivity contribution is 5.67. The molecule has 2 heterocycles. The fraction of sp³-hybridized carbons (Fsp3) is 0.870. The van der Waals surface area contributed by atoms with E-state index in [2.05, 4.69) is 53.3 Å². The van der Waals surface area contributed by atoms with Gasteiger partial charge in [-0.15, -0.1) is 0 Å². The third-order valence-electron chi connectivity index (χ3n) is 6.77. The Balaban J connectivity index is 1.60. The lowest BCUT2D eigenvalue weighted by molar-refractivity contribution is -0.870. The van der Waals surface area contributed by atoms with Crippen LogP contribution < -0.4 is 5.32 Å². The average Bonchev–Trinajstić information content (AvgIpc) is 3.55. The van der Waals surface area contributed by atoms with Gasteiger partial charge in [0.15, 0.2) is 0 Å². The van der Waals surface area contributed by atoms with E-state index in [-0.39, 0.29) is 41.5 Å². The average molecular weight is 426 g/mol. The van der Waals surface area contributed by atoms with Crippen LogP contribution >= 0.6 is 0 Å². The molecular weight excluding hydrogens is 384 g/mol. The minimum absolute atomic E-state index is 0.0512. The van der Waals surface area contributed by atoms with Crippen LogP contribution in [-0.2, 0) is 18.9 Å². The van der Waals surface area contributed by atoms with Crippen molar-refractivity contribution in [1.82, 2.24) is 5.32 Å². The maximum absolute atomic E-state index is 12.4. The zero-order chi connectivity index (χ0) is 22.2. The van der Waals surface area contributed by atoms with Crippen molar-refractivity contribution >= 4 is 6.09 Å². The zero-order valence-electron chi connectivity index (χ0n) is 19.8. The molecule has 2 aliphatic heterocycles. The molecule has 3 fully saturated rings. The van der Waals surface area contributed by atoms with Gasteiger partial charge < -0.3 is 28.7 Å². The molecule has 7 heteroatoms. The Hall–Kier alpha value is -1.15. The maximum atomic E-state index is 12.4. The number of hydrogen-bond donors (Lipinski definition) is 1. The van der Waals surface area contributed by atoms with Gasteiger partial charge in [-0.05, 0) is 40.0 Å². The number of hydrogen-bond acceptors (Lipinski definition) is 5. The number of carbonyl (C=O) groups excluding carboxylic acids is 1. The second kappa shape index (κ2) is 8.77. The standard InChI is InChI=1S/C23H40N2O5/c1-16(2)9-10-18-22(3,30-18)20-19(27-7)17(11-12-23(20)15-28-23)29-21(26)24-13-8-14-25(4,5)6/h9,17-20H,8,10-15H2,1-7H3/p+1/t17-,18-,19-,20-,22+,23+/m1/s1. The quantitative estimate of drug-likeness (QED) is 0.266. The van der Waals surface area contributed by atoms with Crippen molar-refractivity contribution in [2.45, 2.75) is 76.0 Å². The lowest BCUT2D eigenvalue weighted by Gasteiger charge is -2.42. The molecule has 7 nitrogen and oxygen atoms in total. The van der Waals surface area contributed by atoms with E-state index >= 15 is 0 Å². The fourth-order valence-corrected chi connectivity index (χ4v) is 4.99. The topological polar surface area (TPSA) is 72.6 Å². The van der Waals surface area contributed by atoms with Crippen molar-refractivity contribution in [2.75, 3.05) is 47.9 Å². The van der Waals surface area contributed by atoms with E-state index in [9.17, 15) is 4.79 Å². The summed E-state index contributed by atoms with van der Waals surface area (Å²) in [6.07, 6.45) is 4.89. The van der Waals surface area contributed by atoms with E-state index in [1.807, 2.05) is 0 Å². The second-order valence-corrected chi connectivity index (χ2v) is 10.6. The number of ether oxygens (including phenoxy) is 4. The molecule has 0 aromatic heterocycles. The van der Waals surface area contributed by atoms with Crippen molar-refractivity contribution in [3.63, 3.8) is 0 Å². The van der Waals surface area contributed by atoms with Gasteiger partial charge in [-0.3, -0.25) is 0 Å². The van der Waals surface area contributed by atoms with Crippen molar-refractivity contribution in [3.05, 3.63) is 11.6 Å². The molecule has 30 heavy (non-hydrogen) atoms. The Kier molecular flexibility index (Phi) is 6.87. The minimum Gasteiger partial charge on any atom is -0.443 e. The maximum Gasteiger partial charge on any atom is 0.407 e. The van der Waals surface area contributed by atoms with Gasteiger partial charge >= 0.3 is 6.09 Å². The van der Waals surface area contributed by atoms with E-state index in [4.69, 9.17) is 18.9 Å². The monoisotopic (exact) mass is 425 g/mol. The molecule has 0 aromatic carbocycles. The molecule has 2 saturated heterocycles. The molecule has 1 aliphatic carbocycles. The molecule has 1 saturated carbocycles. The van der Waals surface area contributed by atoms with Crippen LogP contribution in [0.2, 0.25) is 0 Å². The number of amides is 1. The van der Waals surface area contributed by atoms with Crippen molar-refractivity contribution < 1.29 is 28.2 Å². The normalized spacial score (nSPS) is 37.6. The number of allylic oxidation sites excluding steroid dienone is 1. The van der Waals surface area contributed by atoms with Crippen LogP contribution in [0.1, 0.15) is 46.5 Å². The summed E-state index contributed by atoms with van der Waals surface area (Å²) in [5.41, 5.74) is 0.780. The Morgan fingerprint density at radius 1 is 1.30 bits per heavy atom. The minimum atomic E-state index is -0.363. The predicted octanol–water partition coefficient (Wildman–Crippen LogP) is 2.89. The summed E-state index contributed by atoms with van der Waals surface area (Å²) in [6, 6.07) is 0. The smallest absolute Gasteiger partial charge is 0.407 e. The Morgan fingerprint density at radius 2 is 2.00 bits per heavy atom. The third kappa shape index (κ3) is 5.36. The van der Waals surface area contributed by atoms with Gasteiger partial charge in [-0.25, -0.2) is 4.79 Å². The lowest BCUT2D eigenvalue weighted by atomic mass is 9.68. The van der Waals surface area contributed by atoms with Gasteiger partial charge in [0.2, 0.25) is 0 Å². The van der Waals surface area contributed by atoms with E-state index in [1.165, 1.54) is 5.57 Å². The first-order chi connectivity index (χ1) is 14.0. The summed E-state index contributed by atoms with van der Waals surface area (Å²) >= 11 is 0. The zero-order valence-corrected chi connectivity index (χ0v) is 19.8. The lowest BCUT2D eigenvalue weighted by Crippen LogP contribution is -2.56. The van der Waals surface area contributed by atoms with Crippen LogP contribution in [0.3, 0.4) is 0 Å². The number of nitrogens with one attached hydrogen (secondary N) is 1. The molecule has 172 valence electrons. The van der Waals surface area contributed by atoms with E-state index in [1.54, 1.807) is 7.11 Å². The van der Waals surface area contributed by atoms with Crippen LogP contribution in [0.5, 0.6) is 0 Å². The Morgan fingerprint density at radius 3 is 2.57 bits per heavy atom. The first-order valence-electron chi connectivity index (χ1n) is 11.2. The third-order valence-corrected chi connectivity index (χ3v) is 6.77. The van der Waals surface area contributed by atoms with Crippen LogP contribution in [-0.4, -0.2) is 88.0 Å². The number of alkyl carbamates (subject to hydrolysis) is 1. The molecule has 1 N–H and O–H groups in total. The number of rotatable bonds is 9. The van der Waals surface area contributed by atoms with Gasteiger partial charge in [-0.2, -0.15) is 0 Å². The SMILES string of the molecule is CO[C@@H]1[C@H](OC(=O)NCCC[N+](C)(C)C)CC[C@]2(CO2)[C@H]1[C@@]1(C)O[C@@H]1CC=C(C)C. The van der Waals surface area contributed by atoms with E-state index in [0.717, 1.165) is 43.3 Å². The van der Waals surface area contributed by atoms with Crippen LogP contribution in [0, 0.1) is 5.92 Å². The summed E-state index contributed by atoms with van der Waals surface area (Å²) in [7, 11) is 8.13. The summed E-state index contributed by atoms with van der Waals surface area (Å²) < 4.78 is 24.8. The summed E-state index contributed by atoms with van der Waals surface area (Å²) in [6.45, 7) is 8.70. The largest absolute Gasteiger partial charge is 0.443 e. The molecule has 3 rings (SSSR count). The molecule has 0 unspecified atom stereocenters. The van der Waals surface area contributed by atoms with E-state index < -0.39 is 0 Å². The number of carbonyl (C=O) groups is 1. The van der Waals surface area contributed by atoms with Gasteiger partial charge in [-0.1, -0.05) is 11.6 Å². The molecule has 0 bridgehead atoms. The number of epoxide rings is 2. The Labute approximate surface area is 181 Å². The van der Waals surface area contributed by atoms with Gasteiger partial charge in [0.1, 0.15) is 23.4 Å².